The van der Waals surface area contributed by atoms with Crippen molar-refractivity contribution in [2.45, 2.75) is 26.2 Å². The van der Waals surface area contributed by atoms with Crippen molar-refractivity contribution in [1.29, 1.82) is 5.26 Å². The number of nitrogens with zero attached hydrogens (tertiary/aromatic N) is 1. The first-order valence-corrected chi connectivity index (χ1v) is 6.98. The lowest BCUT2D eigenvalue weighted by Crippen LogP contribution is -2.13. The molecule has 2 rings (SSSR count). The molecule has 2 aromatic rings. The van der Waals surface area contributed by atoms with E-state index in [0.717, 1.165) is 16.8 Å². The van der Waals surface area contributed by atoms with Gasteiger partial charge in [0.25, 0.3) is 5.91 Å². The van der Waals surface area contributed by atoms with E-state index < -0.39 is 0 Å². The fourth-order valence-electron chi connectivity index (χ4n) is 2.17. The van der Waals surface area contributed by atoms with Crippen molar-refractivity contribution in [3.63, 3.8) is 0 Å². The molecule has 0 atom stereocenters. The minimum absolute atomic E-state index is 0.133. The lowest BCUT2D eigenvalue weighted by Gasteiger charge is -2.13. The Bertz CT molecular complexity index is 666. The van der Waals surface area contributed by atoms with Crippen molar-refractivity contribution >= 4 is 11.6 Å². The highest BCUT2D eigenvalue weighted by Gasteiger charge is 2.10. The Labute approximate surface area is 125 Å². The van der Waals surface area contributed by atoms with E-state index in [1.165, 1.54) is 0 Å². The molecule has 21 heavy (non-hydrogen) atoms. The van der Waals surface area contributed by atoms with Crippen LogP contribution in [0.15, 0.2) is 48.5 Å². The van der Waals surface area contributed by atoms with Crippen LogP contribution >= 0.6 is 0 Å². The van der Waals surface area contributed by atoms with Gasteiger partial charge in [-0.3, -0.25) is 4.79 Å². The molecule has 3 nitrogen and oxygen atoms in total. The van der Waals surface area contributed by atoms with Gasteiger partial charge in [-0.15, -0.1) is 0 Å². The molecule has 0 aliphatic heterocycles. The summed E-state index contributed by atoms with van der Waals surface area (Å²) in [5, 5.41) is 11.6. The number of benzene rings is 2. The summed E-state index contributed by atoms with van der Waals surface area (Å²) >= 11 is 0. The third-order valence-electron chi connectivity index (χ3n) is 3.33. The molecular weight excluding hydrogens is 260 g/mol. The highest BCUT2D eigenvalue weighted by atomic mass is 16.1. The average molecular weight is 278 g/mol. The zero-order valence-corrected chi connectivity index (χ0v) is 12.3. The Morgan fingerprint density at radius 1 is 1.14 bits per heavy atom. The van der Waals surface area contributed by atoms with Gasteiger partial charge in [0.15, 0.2) is 0 Å². The van der Waals surface area contributed by atoms with Crippen LogP contribution in [0, 0.1) is 11.3 Å². The predicted molar refractivity (Wildman–Crippen MR) is 84.2 cm³/mol. The molecule has 0 unspecified atom stereocenters. The summed E-state index contributed by atoms with van der Waals surface area (Å²) < 4.78 is 0. The maximum atomic E-state index is 12.3. The highest BCUT2D eigenvalue weighted by Crippen LogP contribution is 2.24. The number of anilines is 1. The number of amides is 1. The van der Waals surface area contributed by atoms with Crippen LogP contribution in [0.4, 0.5) is 5.69 Å². The van der Waals surface area contributed by atoms with Gasteiger partial charge in [0.05, 0.1) is 12.5 Å². The van der Waals surface area contributed by atoms with E-state index in [9.17, 15) is 4.79 Å². The standard InChI is InChI=1S/C18H18N2O/c1-13(2)16-5-3-4-6-17(16)20-18(21)15-9-7-14(8-10-15)11-12-19/h3-10,13H,11H2,1-2H3,(H,20,21). The van der Waals surface area contributed by atoms with Crippen molar-refractivity contribution in [1.82, 2.24) is 0 Å². The van der Waals surface area contributed by atoms with Crippen molar-refractivity contribution in [2.24, 2.45) is 0 Å². The first kappa shape index (κ1) is 14.8. The minimum atomic E-state index is -0.133. The average Bonchev–Trinajstić information content (AvgIpc) is 2.48. The van der Waals surface area contributed by atoms with Gasteiger partial charge in [-0.25, -0.2) is 0 Å². The molecule has 0 saturated carbocycles. The molecule has 2 aromatic carbocycles. The molecule has 0 aliphatic carbocycles. The maximum Gasteiger partial charge on any atom is 0.255 e. The summed E-state index contributed by atoms with van der Waals surface area (Å²) in [5.41, 5.74) is 3.47. The Kier molecular flexibility index (Phi) is 4.73. The Morgan fingerprint density at radius 3 is 2.43 bits per heavy atom. The monoisotopic (exact) mass is 278 g/mol. The molecule has 0 aromatic heterocycles. The zero-order chi connectivity index (χ0) is 15.2. The Morgan fingerprint density at radius 2 is 1.81 bits per heavy atom. The van der Waals surface area contributed by atoms with E-state index >= 15 is 0 Å². The van der Waals surface area contributed by atoms with Gasteiger partial charge in [-0.2, -0.15) is 5.26 Å². The van der Waals surface area contributed by atoms with Gasteiger partial charge >= 0.3 is 0 Å². The maximum absolute atomic E-state index is 12.3. The second kappa shape index (κ2) is 6.71. The predicted octanol–water partition coefficient (Wildman–Crippen LogP) is 4.13. The number of hydrogen-bond donors (Lipinski definition) is 1. The van der Waals surface area contributed by atoms with Crippen molar-refractivity contribution in [2.75, 3.05) is 5.32 Å². The number of para-hydroxylation sites is 1. The van der Waals surface area contributed by atoms with Crippen LogP contribution in [0.3, 0.4) is 0 Å². The van der Waals surface area contributed by atoms with Gasteiger partial charge < -0.3 is 5.32 Å². The fourth-order valence-corrected chi connectivity index (χ4v) is 2.17. The molecule has 0 radical (unpaired) electrons. The molecule has 1 N–H and O–H groups in total. The molecule has 1 amide bonds. The smallest absolute Gasteiger partial charge is 0.255 e. The number of nitriles is 1. The van der Waals surface area contributed by atoms with Gasteiger partial charge in [0.1, 0.15) is 0 Å². The minimum Gasteiger partial charge on any atom is -0.322 e. The molecule has 0 aliphatic rings. The lowest BCUT2D eigenvalue weighted by molar-refractivity contribution is 0.102. The molecule has 0 spiro atoms. The summed E-state index contributed by atoms with van der Waals surface area (Å²) in [7, 11) is 0. The van der Waals surface area contributed by atoms with E-state index in [2.05, 4.69) is 25.2 Å². The molecule has 0 saturated heterocycles. The number of carbonyl (C=O) groups excluding carboxylic acids is 1. The normalized spacial score (nSPS) is 10.2. The van der Waals surface area contributed by atoms with E-state index in [1.54, 1.807) is 12.1 Å². The zero-order valence-electron chi connectivity index (χ0n) is 12.3. The molecule has 3 heteroatoms. The SMILES string of the molecule is CC(C)c1ccccc1NC(=O)c1ccc(CC#N)cc1. The van der Waals surface area contributed by atoms with E-state index in [0.29, 0.717) is 17.9 Å². The van der Waals surface area contributed by atoms with Crippen molar-refractivity contribution in [3.05, 3.63) is 65.2 Å². The fraction of sp³-hybridized carbons (Fsp3) is 0.222. The highest BCUT2D eigenvalue weighted by molar-refractivity contribution is 6.04. The molecular formula is C18H18N2O. The van der Waals surface area contributed by atoms with Gasteiger partial charge in [-0.05, 0) is 35.2 Å². The van der Waals surface area contributed by atoms with Crippen LogP contribution in [-0.2, 0) is 6.42 Å². The van der Waals surface area contributed by atoms with Crippen LogP contribution in [0.25, 0.3) is 0 Å². The number of rotatable bonds is 4. The van der Waals surface area contributed by atoms with E-state index in [-0.39, 0.29) is 5.91 Å². The number of carbonyl (C=O) groups is 1. The summed E-state index contributed by atoms with van der Waals surface area (Å²) in [5.74, 6) is 0.214. The first-order valence-electron chi connectivity index (χ1n) is 6.98. The van der Waals surface area contributed by atoms with Crippen molar-refractivity contribution in [3.8, 4) is 6.07 Å². The summed E-state index contributed by atoms with van der Waals surface area (Å²) in [4.78, 5) is 12.3. The summed E-state index contributed by atoms with van der Waals surface area (Å²) in [6.45, 7) is 4.20. The van der Waals surface area contributed by atoms with Gasteiger partial charge in [0.2, 0.25) is 0 Å². The largest absolute Gasteiger partial charge is 0.322 e. The summed E-state index contributed by atoms with van der Waals surface area (Å²) in [6.07, 6.45) is 0.359. The Hall–Kier alpha value is -2.60. The quantitative estimate of drug-likeness (QED) is 0.914. The van der Waals surface area contributed by atoms with Gasteiger partial charge in [0, 0.05) is 11.3 Å². The van der Waals surface area contributed by atoms with E-state index in [4.69, 9.17) is 5.26 Å². The first-order chi connectivity index (χ1) is 10.1. The third-order valence-corrected chi connectivity index (χ3v) is 3.33. The van der Waals surface area contributed by atoms with Gasteiger partial charge in [-0.1, -0.05) is 44.2 Å². The topological polar surface area (TPSA) is 52.9 Å². The van der Waals surface area contributed by atoms with Crippen LogP contribution in [0.2, 0.25) is 0 Å². The Balaban J connectivity index is 2.17. The number of nitrogens with one attached hydrogen (secondary N) is 1. The van der Waals surface area contributed by atoms with Crippen LogP contribution in [0.1, 0.15) is 41.3 Å². The second-order valence-electron chi connectivity index (χ2n) is 5.23. The van der Waals surface area contributed by atoms with E-state index in [1.807, 2.05) is 36.4 Å². The lowest BCUT2D eigenvalue weighted by atomic mass is 10.0. The van der Waals surface area contributed by atoms with Crippen LogP contribution < -0.4 is 5.32 Å². The molecule has 106 valence electrons. The third kappa shape index (κ3) is 3.70. The molecule has 0 bridgehead atoms. The van der Waals surface area contributed by atoms with Crippen LogP contribution in [-0.4, -0.2) is 5.91 Å². The summed E-state index contributed by atoms with van der Waals surface area (Å²) in [6, 6.07) is 17.0. The van der Waals surface area contributed by atoms with Crippen molar-refractivity contribution < 1.29 is 4.79 Å². The van der Waals surface area contributed by atoms with Crippen LogP contribution in [0.5, 0.6) is 0 Å². The molecule has 0 fully saturated rings. The second-order valence-corrected chi connectivity index (χ2v) is 5.23. The molecule has 0 heterocycles. The number of hydrogen-bond acceptors (Lipinski definition) is 2.